The van der Waals surface area contributed by atoms with Gasteiger partial charge in [0, 0.05) is 13.0 Å². The van der Waals surface area contributed by atoms with Crippen LogP contribution in [-0.4, -0.2) is 34.7 Å². The third-order valence-corrected chi connectivity index (χ3v) is 4.47. The van der Waals surface area contributed by atoms with Crippen LogP contribution in [0.1, 0.15) is 63.7 Å². The molecule has 1 aromatic heterocycles. The van der Waals surface area contributed by atoms with E-state index >= 15 is 0 Å². The van der Waals surface area contributed by atoms with Crippen molar-refractivity contribution >= 4 is 0 Å². The summed E-state index contributed by atoms with van der Waals surface area (Å²) in [6.45, 7) is 7.44. The molecule has 1 aliphatic rings. The zero-order valence-corrected chi connectivity index (χ0v) is 12.8. The van der Waals surface area contributed by atoms with Crippen molar-refractivity contribution in [2.45, 2.75) is 58.4 Å². The monoisotopic (exact) mass is 280 g/mol. The fourth-order valence-corrected chi connectivity index (χ4v) is 3.00. The van der Waals surface area contributed by atoms with E-state index in [4.69, 9.17) is 10.3 Å². The number of hydrogen-bond donors (Lipinski definition) is 1. The van der Waals surface area contributed by atoms with Crippen LogP contribution in [0.15, 0.2) is 4.52 Å². The Balaban J connectivity index is 1.87. The van der Waals surface area contributed by atoms with Gasteiger partial charge in [0.25, 0.3) is 0 Å². The first-order chi connectivity index (χ1) is 9.74. The number of rotatable bonds is 7. The van der Waals surface area contributed by atoms with Crippen LogP contribution >= 0.6 is 0 Å². The SMILES string of the molecule is CCN(CC)CCc1noc(C(N)C2CCCCC2)n1. The minimum absolute atomic E-state index is 0.0787. The van der Waals surface area contributed by atoms with Gasteiger partial charge in [0.15, 0.2) is 5.82 Å². The molecule has 2 rings (SSSR count). The number of nitrogens with two attached hydrogens (primary N) is 1. The molecule has 5 heteroatoms. The molecule has 1 unspecified atom stereocenters. The Kier molecular flexibility index (Phi) is 5.98. The van der Waals surface area contributed by atoms with Gasteiger partial charge in [-0.05, 0) is 31.8 Å². The van der Waals surface area contributed by atoms with E-state index in [-0.39, 0.29) is 6.04 Å². The predicted molar refractivity (Wildman–Crippen MR) is 79.3 cm³/mol. The first kappa shape index (κ1) is 15.4. The third kappa shape index (κ3) is 4.03. The van der Waals surface area contributed by atoms with Crippen LogP contribution in [0.3, 0.4) is 0 Å². The normalized spacial score (nSPS) is 18.6. The highest BCUT2D eigenvalue weighted by molar-refractivity contribution is 4.95. The van der Waals surface area contributed by atoms with Gasteiger partial charge in [-0.25, -0.2) is 0 Å². The maximum absolute atomic E-state index is 6.28. The minimum Gasteiger partial charge on any atom is -0.338 e. The van der Waals surface area contributed by atoms with Gasteiger partial charge in [-0.15, -0.1) is 0 Å². The molecule has 20 heavy (non-hydrogen) atoms. The van der Waals surface area contributed by atoms with Crippen molar-refractivity contribution in [2.75, 3.05) is 19.6 Å². The van der Waals surface area contributed by atoms with Crippen LogP contribution in [0.4, 0.5) is 0 Å². The summed E-state index contributed by atoms with van der Waals surface area (Å²) in [6.07, 6.45) is 7.12. The highest BCUT2D eigenvalue weighted by atomic mass is 16.5. The Morgan fingerprint density at radius 2 is 1.95 bits per heavy atom. The van der Waals surface area contributed by atoms with Gasteiger partial charge in [0.05, 0.1) is 6.04 Å². The van der Waals surface area contributed by atoms with Gasteiger partial charge in [0.2, 0.25) is 5.89 Å². The van der Waals surface area contributed by atoms with Crippen LogP contribution < -0.4 is 5.73 Å². The summed E-state index contributed by atoms with van der Waals surface area (Å²) in [5.74, 6) is 1.93. The van der Waals surface area contributed by atoms with E-state index in [9.17, 15) is 0 Å². The zero-order valence-electron chi connectivity index (χ0n) is 12.8. The summed E-state index contributed by atoms with van der Waals surface area (Å²) in [4.78, 5) is 6.85. The number of aromatic nitrogens is 2. The molecule has 114 valence electrons. The zero-order chi connectivity index (χ0) is 14.4. The van der Waals surface area contributed by atoms with E-state index in [1.54, 1.807) is 0 Å². The van der Waals surface area contributed by atoms with Crippen LogP contribution in [0, 0.1) is 5.92 Å². The van der Waals surface area contributed by atoms with Crippen molar-refractivity contribution in [3.05, 3.63) is 11.7 Å². The molecule has 2 N–H and O–H groups in total. The van der Waals surface area contributed by atoms with Crippen molar-refractivity contribution in [3.8, 4) is 0 Å². The minimum atomic E-state index is -0.0787. The number of hydrogen-bond acceptors (Lipinski definition) is 5. The van der Waals surface area contributed by atoms with Crippen LogP contribution in [0.5, 0.6) is 0 Å². The molecule has 0 aliphatic heterocycles. The lowest BCUT2D eigenvalue weighted by Crippen LogP contribution is -2.26. The number of nitrogens with zero attached hydrogens (tertiary/aromatic N) is 3. The van der Waals surface area contributed by atoms with E-state index in [0.29, 0.717) is 11.8 Å². The van der Waals surface area contributed by atoms with Crippen molar-refractivity contribution in [1.29, 1.82) is 0 Å². The fraction of sp³-hybridized carbons (Fsp3) is 0.867. The summed E-state index contributed by atoms with van der Waals surface area (Å²) < 4.78 is 5.37. The summed E-state index contributed by atoms with van der Waals surface area (Å²) >= 11 is 0. The van der Waals surface area contributed by atoms with Crippen molar-refractivity contribution in [3.63, 3.8) is 0 Å². The van der Waals surface area contributed by atoms with Gasteiger partial charge >= 0.3 is 0 Å². The summed E-state index contributed by atoms with van der Waals surface area (Å²) in [5.41, 5.74) is 6.28. The van der Waals surface area contributed by atoms with Crippen molar-refractivity contribution in [2.24, 2.45) is 11.7 Å². The maximum Gasteiger partial charge on any atom is 0.243 e. The Labute approximate surface area is 121 Å². The first-order valence-electron chi connectivity index (χ1n) is 8.05. The molecule has 1 heterocycles. The van der Waals surface area contributed by atoms with Gasteiger partial charge < -0.3 is 15.2 Å². The van der Waals surface area contributed by atoms with E-state index < -0.39 is 0 Å². The molecule has 0 spiro atoms. The molecule has 0 radical (unpaired) electrons. The Hall–Kier alpha value is -0.940. The van der Waals surface area contributed by atoms with Crippen molar-refractivity contribution < 1.29 is 4.52 Å². The quantitative estimate of drug-likeness (QED) is 0.831. The van der Waals surface area contributed by atoms with Crippen LogP contribution in [-0.2, 0) is 6.42 Å². The molecule has 1 fully saturated rings. The summed E-state index contributed by atoms with van der Waals surface area (Å²) in [6, 6.07) is -0.0787. The van der Waals surface area contributed by atoms with Crippen LogP contribution in [0.2, 0.25) is 0 Å². The van der Waals surface area contributed by atoms with E-state index in [0.717, 1.165) is 31.9 Å². The topological polar surface area (TPSA) is 68.2 Å². The predicted octanol–water partition coefficient (Wildman–Crippen LogP) is 2.53. The van der Waals surface area contributed by atoms with E-state index in [2.05, 4.69) is 28.9 Å². The molecule has 1 atom stereocenters. The average molecular weight is 280 g/mol. The molecule has 0 aromatic carbocycles. The Morgan fingerprint density at radius 3 is 2.60 bits per heavy atom. The molecule has 1 aromatic rings. The molecule has 0 amide bonds. The largest absolute Gasteiger partial charge is 0.338 e. The fourth-order valence-electron chi connectivity index (χ4n) is 3.00. The smallest absolute Gasteiger partial charge is 0.243 e. The molecule has 1 saturated carbocycles. The Morgan fingerprint density at radius 1 is 1.25 bits per heavy atom. The third-order valence-electron chi connectivity index (χ3n) is 4.47. The van der Waals surface area contributed by atoms with E-state index in [1.807, 2.05) is 0 Å². The lowest BCUT2D eigenvalue weighted by atomic mass is 9.84. The molecule has 0 saturated heterocycles. The molecular formula is C15H28N4O. The molecule has 1 aliphatic carbocycles. The van der Waals surface area contributed by atoms with Crippen LogP contribution in [0.25, 0.3) is 0 Å². The van der Waals surface area contributed by atoms with Gasteiger partial charge in [-0.2, -0.15) is 4.98 Å². The number of likely N-dealkylation sites (N-methyl/N-ethyl adjacent to an activating group) is 1. The second-order valence-electron chi connectivity index (χ2n) is 5.75. The maximum atomic E-state index is 6.28. The molecular weight excluding hydrogens is 252 g/mol. The molecule has 0 bridgehead atoms. The van der Waals surface area contributed by atoms with Gasteiger partial charge in [-0.1, -0.05) is 38.3 Å². The van der Waals surface area contributed by atoms with Gasteiger partial charge in [0.1, 0.15) is 0 Å². The highest BCUT2D eigenvalue weighted by Crippen LogP contribution is 2.32. The van der Waals surface area contributed by atoms with E-state index in [1.165, 1.54) is 32.1 Å². The molecule has 5 nitrogen and oxygen atoms in total. The average Bonchev–Trinajstić information content (AvgIpc) is 2.97. The highest BCUT2D eigenvalue weighted by Gasteiger charge is 2.26. The second-order valence-corrected chi connectivity index (χ2v) is 5.75. The summed E-state index contributed by atoms with van der Waals surface area (Å²) in [5, 5.41) is 4.08. The van der Waals surface area contributed by atoms with Gasteiger partial charge in [-0.3, -0.25) is 0 Å². The lowest BCUT2D eigenvalue weighted by molar-refractivity contribution is 0.254. The standard InChI is InChI=1S/C15H28N4O/c1-3-19(4-2)11-10-13-17-15(20-18-13)14(16)12-8-6-5-7-9-12/h12,14H,3-11,16H2,1-2H3. The summed E-state index contributed by atoms with van der Waals surface area (Å²) in [7, 11) is 0. The first-order valence-corrected chi connectivity index (χ1v) is 8.05. The second kappa shape index (κ2) is 7.74. The Bertz CT molecular complexity index is 383. The van der Waals surface area contributed by atoms with Crippen molar-refractivity contribution in [1.82, 2.24) is 15.0 Å². The lowest BCUT2D eigenvalue weighted by Gasteiger charge is -2.24.